The van der Waals surface area contributed by atoms with Crippen molar-refractivity contribution in [3.63, 3.8) is 0 Å². The van der Waals surface area contributed by atoms with Gasteiger partial charge in [-0.25, -0.2) is 9.78 Å². The maximum Gasteiger partial charge on any atom is 0.355 e. The average Bonchev–Trinajstić information content (AvgIpc) is 3.16. The zero-order chi connectivity index (χ0) is 18.4. The average molecular weight is 374 g/mol. The summed E-state index contributed by atoms with van der Waals surface area (Å²) in [7, 11) is 0. The lowest BCUT2D eigenvalue weighted by molar-refractivity contribution is -0.122. The van der Waals surface area contributed by atoms with E-state index in [4.69, 9.17) is 9.84 Å². The van der Waals surface area contributed by atoms with Gasteiger partial charge in [0.15, 0.2) is 5.69 Å². The molecule has 7 heteroatoms. The van der Waals surface area contributed by atoms with E-state index < -0.39 is 5.97 Å². The van der Waals surface area contributed by atoms with Crippen LogP contribution in [-0.4, -0.2) is 34.7 Å². The molecule has 1 atom stereocenters. The van der Waals surface area contributed by atoms with Gasteiger partial charge in [0.25, 0.3) is 0 Å². The molecule has 1 aliphatic heterocycles. The molecule has 1 fully saturated rings. The zero-order valence-electron chi connectivity index (χ0n) is 14.4. The molecular formula is C19H22N2O4S. The highest BCUT2D eigenvalue weighted by molar-refractivity contribution is 7.13. The van der Waals surface area contributed by atoms with Crippen LogP contribution >= 0.6 is 11.3 Å². The van der Waals surface area contributed by atoms with E-state index in [2.05, 4.69) is 10.3 Å². The fourth-order valence-corrected chi connectivity index (χ4v) is 3.73. The number of carboxylic acids is 1. The molecule has 2 heterocycles. The third kappa shape index (κ3) is 5.12. The molecule has 0 saturated carbocycles. The summed E-state index contributed by atoms with van der Waals surface area (Å²) in [6, 6.07) is 7.62. The van der Waals surface area contributed by atoms with Crippen molar-refractivity contribution in [1.82, 2.24) is 10.3 Å². The summed E-state index contributed by atoms with van der Waals surface area (Å²) in [6.07, 6.45) is 4.79. The lowest BCUT2D eigenvalue weighted by Crippen LogP contribution is -2.26. The molecule has 0 radical (unpaired) electrons. The van der Waals surface area contributed by atoms with Gasteiger partial charge in [0.1, 0.15) is 5.01 Å². The van der Waals surface area contributed by atoms with Crippen LogP contribution in [0.4, 0.5) is 0 Å². The molecule has 2 N–H and O–H groups in total. The monoisotopic (exact) mass is 374 g/mol. The number of aromatic nitrogens is 1. The molecule has 1 aliphatic rings. The predicted octanol–water partition coefficient (Wildman–Crippen LogP) is 3.47. The first kappa shape index (κ1) is 18.5. The van der Waals surface area contributed by atoms with Crippen molar-refractivity contribution in [3.8, 4) is 10.6 Å². The number of rotatable bonds is 7. The number of nitrogens with one attached hydrogen (secondary N) is 1. The van der Waals surface area contributed by atoms with Crippen LogP contribution in [0.15, 0.2) is 29.6 Å². The summed E-state index contributed by atoms with van der Waals surface area (Å²) >= 11 is 1.29. The van der Waals surface area contributed by atoms with Crippen LogP contribution in [0.3, 0.4) is 0 Å². The van der Waals surface area contributed by atoms with Crippen LogP contribution in [0.5, 0.6) is 0 Å². The number of aromatic carboxylic acids is 1. The van der Waals surface area contributed by atoms with E-state index >= 15 is 0 Å². The predicted molar refractivity (Wildman–Crippen MR) is 99.2 cm³/mol. The number of benzene rings is 1. The lowest BCUT2D eigenvalue weighted by Gasteiger charge is -2.22. The Labute approximate surface area is 156 Å². The first-order valence-corrected chi connectivity index (χ1v) is 9.66. The fraction of sp³-hybridized carbons (Fsp3) is 0.421. The summed E-state index contributed by atoms with van der Waals surface area (Å²) < 4.78 is 5.65. The van der Waals surface area contributed by atoms with Crippen LogP contribution < -0.4 is 5.32 Å². The second-order valence-electron chi connectivity index (χ2n) is 6.35. The summed E-state index contributed by atoms with van der Waals surface area (Å²) in [5.74, 6) is -1.01. The molecule has 1 unspecified atom stereocenters. The van der Waals surface area contributed by atoms with Crippen molar-refractivity contribution in [2.75, 3.05) is 6.61 Å². The number of thiazole rings is 1. The van der Waals surface area contributed by atoms with Gasteiger partial charge in [0, 0.05) is 30.5 Å². The highest BCUT2D eigenvalue weighted by Crippen LogP contribution is 2.24. The highest BCUT2D eigenvalue weighted by Gasteiger charge is 2.15. The summed E-state index contributed by atoms with van der Waals surface area (Å²) in [4.78, 5) is 27.1. The van der Waals surface area contributed by atoms with Gasteiger partial charge in [-0.2, -0.15) is 0 Å². The number of ether oxygens (including phenoxy) is 1. The van der Waals surface area contributed by atoms with Crippen LogP contribution in [0.2, 0.25) is 0 Å². The van der Waals surface area contributed by atoms with Crippen LogP contribution in [0.1, 0.15) is 48.2 Å². The van der Waals surface area contributed by atoms with Crippen LogP contribution in [0, 0.1) is 0 Å². The summed E-state index contributed by atoms with van der Waals surface area (Å²) in [5.41, 5.74) is 1.86. The van der Waals surface area contributed by atoms with Gasteiger partial charge < -0.3 is 15.2 Å². The van der Waals surface area contributed by atoms with E-state index in [1.807, 2.05) is 24.3 Å². The number of carbonyl (C=O) groups excluding carboxylic acids is 1. The van der Waals surface area contributed by atoms with Gasteiger partial charge in [-0.3, -0.25) is 4.79 Å². The molecule has 6 nitrogen and oxygen atoms in total. The Morgan fingerprint density at radius 3 is 2.96 bits per heavy atom. The van der Waals surface area contributed by atoms with E-state index in [1.165, 1.54) is 23.1 Å². The molecule has 2 aromatic rings. The second-order valence-corrected chi connectivity index (χ2v) is 7.21. The van der Waals surface area contributed by atoms with Gasteiger partial charge in [0.05, 0.1) is 6.10 Å². The van der Waals surface area contributed by atoms with E-state index in [9.17, 15) is 9.59 Å². The third-order valence-corrected chi connectivity index (χ3v) is 5.25. The highest BCUT2D eigenvalue weighted by atomic mass is 32.1. The molecule has 26 heavy (non-hydrogen) atoms. The first-order valence-electron chi connectivity index (χ1n) is 8.78. The number of hydrogen-bond donors (Lipinski definition) is 2. The molecule has 0 spiro atoms. The molecule has 0 bridgehead atoms. The Bertz CT molecular complexity index is 768. The third-order valence-electron chi connectivity index (χ3n) is 4.35. The van der Waals surface area contributed by atoms with Crippen molar-refractivity contribution in [1.29, 1.82) is 0 Å². The Kier molecular flexibility index (Phi) is 6.35. The smallest absolute Gasteiger partial charge is 0.355 e. The van der Waals surface area contributed by atoms with Gasteiger partial charge in [-0.05, 0) is 37.3 Å². The normalized spacial score (nSPS) is 17.0. The molecular weight excluding hydrogens is 352 g/mol. The standard InChI is InChI=1S/C19H22N2O4S/c22-17(8-7-15-6-1-2-9-25-15)20-11-13-4-3-5-14(10-13)18-21-16(12-26-18)19(23)24/h3-5,10,12,15H,1-2,6-9,11H2,(H,20,22)(H,23,24). The van der Waals surface area contributed by atoms with Gasteiger partial charge >= 0.3 is 5.97 Å². The minimum absolute atomic E-state index is 0.0204. The minimum Gasteiger partial charge on any atom is -0.476 e. The second kappa shape index (κ2) is 8.91. The number of amides is 1. The Balaban J connectivity index is 1.51. The molecule has 138 valence electrons. The molecule has 1 amide bonds. The van der Waals surface area contributed by atoms with E-state index in [0.29, 0.717) is 18.0 Å². The zero-order valence-corrected chi connectivity index (χ0v) is 15.3. The number of carbonyl (C=O) groups is 2. The Morgan fingerprint density at radius 1 is 1.35 bits per heavy atom. The summed E-state index contributed by atoms with van der Waals surface area (Å²) in [5, 5.41) is 14.1. The van der Waals surface area contributed by atoms with Crippen molar-refractivity contribution in [2.24, 2.45) is 0 Å². The fourth-order valence-electron chi connectivity index (χ4n) is 2.94. The Hall–Kier alpha value is -2.25. The van der Waals surface area contributed by atoms with E-state index in [-0.39, 0.29) is 17.7 Å². The number of nitrogens with zero attached hydrogens (tertiary/aromatic N) is 1. The minimum atomic E-state index is -1.03. The molecule has 1 saturated heterocycles. The van der Waals surface area contributed by atoms with Gasteiger partial charge in [-0.1, -0.05) is 18.2 Å². The SMILES string of the molecule is O=C(CCC1CCCCO1)NCc1cccc(-c2nc(C(=O)O)cs2)c1. The van der Waals surface area contributed by atoms with Crippen molar-refractivity contribution >= 4 is 23.2 Å². The Morgan fingerprint density at radius 2 is 2.23 bits per heavy atom. The molecule has 0 aliphatic carbocycles. The number of hydrogen-bond acceptors (Lipinski definition) is 5. The quantitative estimate of drug-likeness (QED) is 0.775. The summed E-state index contributed by atoms with van der Waals surface area (Å²) in [6.45, 7) is 1.24. The van der Waals surface area contributed by atoms with Crippen molar-refractivity contribution < 1.29 is 19.4 Å². The van der Waals surface area contributed by atoms with Gasteiger partial charge in [-0.15, -0.1) is 11.3 Å². The first-order chi connectivity index (χ1) is 12.6. The van der Waals surface area contributed by atoms with Gasteiger partial charge in [0.2, 0.25) is 5.91 Å². The number of carboxylic acid groups (broad SMARTS) is 1. The molecule has 1 aromatic heterocycles. The lowest BCUT2D eigenvalue weighted by atomic mass is 10.0. The van der Waals surface area contributed by atoms with E-state index in [0.717, 1.165) is 37.0 Å². The van der Waals surface area contributed by atoms with Crippen LogP contribution in [0.25, 0.3) is 10.6 Å². The topological polar surface area (TPSA) is 88.5 Å². The maximum atomic E-state index is 12.1. The molecule has 3 rings (SSSR count). The largest absolute Gasteiger partial charge is 0.476 e. The van der Waals surface area contributed by atoms with E-state index in [1.54, 1.807) is 0 Å². The van der Waals surface area contributed by atoms with Crippen molar-refractivity contribution in [3.05, 3.63) is 40.9 Å². The molecule has 1 aromatic carbocycles. The van der Waals surface area contributed by atoms with Crippen molar-refractivity contribution in [2.45, 2.75) is 44.8 Å². The maximum absolute atomic E-state index is 12.1. The van der Waals surface area contributed by atoms with Crippen LogP contribution in [-0.2, 0) is 16.1 Å².